The van der Waals surface area contributed by atoms with Crippen LogP contribution in [-0.2, 0) is 23.0 Å². The number of hydrogen-bond acceptors (Lipinski definition) is 5. The molecule has 0 aliphatic heterocycles. The Morgan fingerprint density at radius 1 is 1.16 bits per heavy atom. The summed E-state index contributed by atoms with van der Waals surface area (Å²) < 4.78 is 28.0. The van der Waals surface area contributed by atoms with Crippen molar-refractivity contribution in [1.82, 2.24) is 9.21 Å². The van der Waals surface area contributed by atoms with E-state index < -0.39 is 10.0 Å². The van der Waals surface area contributed by atoms with Crippen LogP contribution in [0.3, 0.4) is 0 Å². The number of thiophene rings is 1. The summed E-state index contributed by atoms with van der Waals surface area (Å²) in [6.07, 6.45) is 0.822. The minimum atomic E-state index is -3.56. The van der Waals surface area contributed by atoms with E-state index >= 15 is 0 Å². The zero-order chi connectivity index (χ0) is 18.4. The molecular weight excluding hydrogens is 354 g/mol. The molecule has 7 heteroatoms. The van der Waals surface area contributed by atoms with Gasteiger partial charge >= 0.3 is 0 Å². The van der Waals surface area contributed by atoms with E-state index in [0.29, 0.717) is 22.9 Å². The summed E-state index contributed by atoms with van der Waals surface area (Å²) in [6.45, 7) is 3.29. The second-order valence-electron chi connectivity index (χ2n) is 6.03. The number of nitrogens with zero attached hydrogens (tertiary/aromatic N) is 3. The zero-order valence-corrected chi connectivity index (χ0v) is 16.4. The fourth-order valence-electron chi connectivity index (χ4n) is 2.35. The van der Waals surface area contributed by atoms with E-state index in [0.717, 1.165) is 16.9 Å². The van der Waals surface area contributed by atoms with Crippen LogP contribution in [0.1, 0.15) is 22.9 Å². The van der Waals surface area contributed by atoms with Crippen molar-refractivity contribution in [3.05, 3.63) is 52.4 Å². The van der Waals surface area contributed by atoms with Crippen LogP contribution in [0.25, 0.3) is 0 Å². The van der Waals surface area contributed by atoms with Crippen molar-refractivity contribution < 1.29 is 8.42 Å². The number of hydrogen-bond donors (Lipinski definition) is 0. The average molecular weight is 378 g/mol. The van der Waals surface area contributed by atoms with Crippen LogP contribution in [0, 0.1) is 11.3 Å². The van der Waals surface area contributed by atoms with Crippen molar-refractivity contribution in [2.24, 2.45) is 0 Å². The Balaban J connectivity index is 2.32. The fourth-order valence-corrected chi connectivity index (χ4v) is 5.22. The lowest BCUT2D eigenvalue weighted by Crippen LogP contribution is -2.36. The molecule has 0 N–H and O–H groups in total. The Hall–Kier alpha value is -1.72. The summed E-state index contributed by atoms with van der Waals surface area (Å²) in [6, 6.07) is 12.8. The highest BCUT2D eigenvalue weighted by atomic mass is 32.2. The third-order valence-electron chi connectivity index (χ3n) is 3.79. The minimum Gasteiger partial charge on any atom is -0.308 e. The van der Waals surface area contributed by atoms with Gasteiger partial charge in [0.05, 0.1) is 11.6 Å². The molecule has 0 atom stereocenters. The fraction of sp³-hybridized carbons (Fsp3) is 0.389. The Morgan fingerprint density at radius 2 is 1.92 bits per heavy atom. The summed E-state index contributed by atoms with van der Waals surface area (Å²) >= 11 is 1.33. The monoisotopic (exact) mass is 377 g/mol. The van der Waals surface area contributed by atoms with Crippen molar-refractivity contribution in [1.29, 1.82) is 5.26 Å². The molecule has 1 aromatic heterocycles. The van der Waals surface area contributed by atoms with Crippen LogP contribution in [0.2, 0.25) is 0 Å². The first-order chi connectivity index (χ1) is 11.9. The lowest BCUT2D eigenvalue weighted by Gasteiger charge is -2.23. The molecule has 134 valence electrons. The summed E-state index contributed by atoms with van der Waals surface area (Å²) in [5, 5.41) is 9.05. The molecule has 0 spiro atoms. The Labute approximate surface area is 154 Å². The van der Waals surface area contributed by atoms with Gasteiger partial charge in [-0.25, -0.2) is 8.42 Å². The van der Waals surface area contributed by atoms with Crippen LogP contribution in [0.15, 0.2) is 40.6 Å². The van der Waals surface area contributed by atoms with Crippen LogP contribution in [0.5, 0.6) is 0 Å². The van der Waals surface area contributed by atoms with E-state index in [9.17, 15) is 8.42 Å². The first-order valence-electron chi connectivity index (χ1n) is 8.09. The van der Waals surface area contributed by atoms with Crippen LogP contribution >= 0.6 is 11.3 Å². The largest absolute Gasteiger partial charge is 0.308 e. The summed E-state index contributed by atoms with van der Waals surface area (Å²) in [7, 11) is 0.275. The van der Waals surface area contributed by atoms with E-state index in [2.05, 4.69) is 6.07 Å². The van der Waals surface area contributed by atoms with Crippen molar-refractivity contribution in [3.8, 4) is 6.07 Å². The first kappa shape index (κ1) is 19.6. The van der Waals surface area contributed by atoms with E-state index in [1.807, 2.05) is 38.1 Å². The average Bonchev–Trinajstić information content (AvgIpc) is 3.08. The van der Waals surface area contributed by atoms with E-state index in [1.54, 1.807) is 24.3 Å². The molecular formula is C18H23N3O2S2. The number of aryl methyl sites for hydroxylation is 1. The van der Waals surface area contributed by atoms with Gasteiger partial charge in [-0.3, -0.25) is 0 Å². The number of rotatable bonds is 8. The molecule has 1 heterocycles. The third kappa shape index (κ3) is 5.13. The summed E-state index contributed by atoms with van der Waals surface area (Å²) in [4.78, 5) is 3.01. The maximum Gasteiger partial charge on any atom is 0.252 e. The third-order valence-corrected chi connectivity index (χ3v) is 7.33. The van der Waals surface area contributed by atoms with Gasteiger partial charge in [-0.15, -0.1) is 11.3 Å². The van der Waals surface area contributed by atoms with Gasteiger partial charge < -0.3 is 4.90 Å². The Bertz CT molecular complexity index is 851. The van der Waals surface area contributed by atoms with Crippen LogP contribution < -0.4 is 0 Å². The van der Waals surface area contributed by atoms with Gasteiger partial charge in [-0.2, -0.15) is 9.57 Å². The lowest BCUT2D eigenvalue weighted by molar-refractivity contribution is 0.330. The first-order valence-corrected chi connectivity index (χ1v) is 10.3. The molecule has 0 aliphatic rings. The topological polar surface area (TPSA) is 64.4 Å². The molecule has 0 radical (unpaired) electrons. The van der Waals surface area contributed by atoms with E-state index in [-0.39, 0.29) is 6.54 Å². The molecule has 0 saturated heterocycles. The highest BCUT2D eigenvalue weighted by Gasteiger charge is 2.26. The highest BCUT2D eigenvalue weighted by molar-refractivity contribution is 7.91. The van der Waals surface area contributed by atoms with Gasteiger partial charge in [-0.1, -0.05) is 19.1 Å². The molecule has 25 heavy (non-hydrogen) atoms. The maximum absolute atomic E-state index is 13.1. The van der Waals surface area contributed by atoms with Gasteiger partial charge in [0.1, 0.15) is 4.21 Å². The second-order valence-corrected chi connectivity index (χ2v) is 9.36. The van der Waals surface area contributed by atoms with Gasteiger partial charge in [0.25, 0.3) is 10.0 Å². The molecule has 0 unspecified atom stereocenters. The predicted octanol–water partition coefficient (Wildman–Crippen LogP) is 2.93. The van der Waals surface area contributed by atoms with Crippen molar-refractivity contribution in [2.75, 3.05) is 27.2 Å². The lowest BCUT2D eigenvalue weighted by atomic mass is 10.1. The molecule has 0 aliphatic carbocycles. The maximum atomic E-state index is 13.1. The number of nitriles is 1. The number of sulfonamides is 1. The smallest absolute Gasteiger partial charge is 0.252 e. The van der Waals surface area contributed by atoms with Crippen LogP contribution in [0.4, 0.5) is 0 Å². The molecule has 0 fully saturated rings. The van der Waals surface area contributed by atoms with Crippen molar-refractivity contribution in [3.63, 3.8) is 0 Å². The second kappa shape index (κ2) is 8.59. The van der Waals surface area contributed by atoms with E-state index in [4.69, 9.17) is 5.26 Å². The number of likely N-dealkylation sites (N-methyl/N-ethyl adjacent to an activating group) is 1. The highest BCUT2D eigenvalue weighted by Crippen LogP contribution is 2.26. The Morgan fingerprint density at radius 3 is 2.52 bits per heavy atom. The summed E-state index contributed by atoms with van der Waals surface area (Å²) in [5.74, 6) is 0. The molecule has 2 aromatic rings. The van der Waals surface area contributed by atoms with Gasteiger partial charge in [-0.05, 0) is 50.3 Å². The molecule has 0 amide bonds. The minimum absolute atomic E-state index is 0.255. The van der Waals surface area contributed by atoms with Gasteiger partial charge in [0.2, 0.25) is 0 Å². The standard InChI is InChI=1S/C18H23N3O2S2/c1-4-17-8-9-18(24-17)25(22,23)21(11-10-20(2)3)14-16-7-5-6-15(12-16)13-19/h5-9,12H,4,10-11,14H2,1-3H3. The number of benzene rings is 1. The molecule has 5 nitrogen and oxygen atoms in total. The van der Waals surface area contributed by atoms with Crippen LogP contribution in [-0.4, -0.2) is 44.8 Å². The van der Waals surface area contributed by atoms with Crippen molar-refractivity contribution >= 4 is 21.4 Å². The van der Waals surface area contributed by atoms with Gasteiger partial charge in [0, 0.05) is 24.5 Å². The molecule has 0 bridgehead atoms. The Kier molecular flexibility index (Phi) is 6.73. The quantitative estimate of drug-likeness (QED) is 0.709. The normalized spacial score (nSPS) is 11.8. The SMILES string of the molecule is CCc1ccc(S(=O)(=O)N(CCN(C)C)Cc2cccc(C#N)c2)s1. The molecule has 1 aromatic carbocycles. The van der Waals surface area contributed by atoms with Gasteiger partial charge in [0.15, 0.2) is 0 Å². The summed E-state index contributed by atoms with van der Waals surface area (Å²) in [5.41, 5.74) is 1.35. The predicted molar refractivity (Wildman–Crippen MR) is 101 cm³/mol. The van der Waals surface area contributed by atoms with E-state index in [1.165, 1.54) is 15.6 Å². The van der Waals surface area contributed by atoms with Crippen molar-refractivity contribution in [2.45, 2.75) is 24.1 Å². The molecule has 2 rings (SSSR count). The molecule has 0 saturated carbocycles. The zero-order valence-electron chi connectivity index (χ0n) is 14.8.